The van der Waals surface area contributed by atoms with Crippen LogP contribution in [0.1, 0.15) is 0 Å². The first-order chi connectivity index (χ1) is 14.2. The van der Waals surface area contributed by atoms with Crippen molar-refractivity contribution in [2.45, 2.75) is 6.54 Å². The molecule has 0 bridgehead atoms. The Morgan fingerprint density at radius 2 is 1.72 bits per heavy atom. The van der Waals surface area contributed by atoms with Crippen LogP contribution >= 0.6 is 0 Å². The molecule has 0 spiro atoms. The topological polar surface area (TPSA) is 75.7 Å². The summed E-state index contributed by atoms with van der Waals surface area (Å²) in [6.45, 7) is 0.582. The van der Waals surface area contributed by atoms with E-state index in [1.807, 2.05) is 42.5 Å². The molecule has 1 aromatic heterocycles. The molecule has 7 heteroatoms. The van der Waals surface area contributed by atoms with Crippen molar-refractivity contribution < 1.29 is 18.7 Å². The summed E-state index contributed by atoms with van der Waals surface area (Å²) in [4.78, 5) is 12.1. The highest BCUT2D eigenvalue weighted by atomic mass is 16.5. The van der Waals surface area contributed by atoms with Gasteiger partial charge in [0.1, 0.15) is 12.4 Å². The summed E-state index contributed by atoms with van der Waals surface area (Å²) >= 11 is 0. The van der Waals surface area contributed by atoms with Crippen LogP contribution in [0.25, 0.3) is 22.2 Å². The third-order valence-corrected chi connectivity index (χ3v) is 4.63. The van der Waals surface area contributed by atoms with Gasteiger partial charge in [-0.3, -0.25) is 9.09 Å². The molecule has 148 valence electrons. The van der Waals surface area contributed by atoms with Crippen LogP contribution in [0, 0.1) is 0 Å². The summed E-state index contributed by atoms with van der Waals surface area (Å²) in [5, 5.41) is 6.15. The average Bonchev–Trinajstić information content (AvgIpc) is 3.13. The van der Waals surface area contributed by atoms with E-state index in [4.69, 9.17) is 18.7 Å². The number of hydrogen-bond acceptors (Lipinski definition) is 6. The van der Waals surface area contributed by atoms with Gasteiger partial charge in [0.25, 0.3) is 0 Å². The van der Waals surface area contributed by atoms with Gasteiger partial charge in [-0.1, -0.05) is 35.5 Å². The van der Waals surface area contributed by atoms with Gasteiger partial charge < -0.3 is 14.2 Å². The minimum absolute atomic E-state index is 0.291. The molecule has 0 fully saturated rings. The Kier molecular flexibility index (Phi) is 5.20. The van der Waals surface area contributed by atoms with E-state index in [1.165, 1.54) is 4.57 Å². The highest BCUT2D eigenvalue weighted by Crippen LogP contribution is 2.31. The van der Waals surface area contributed by atoms with Gasteiger partial charge in [-0.2, -0.15) is 0 Å². The number of aromatic nitrogens is 2. The number of nitrogens with zero attached hydrogens (tertiary/aromatic N) is 2. The lowest BCUT2D eigenvalue weighted by Crippen LogP contribution is -2.19. The number of hydrogen-bond donors (Lipinski definition) is 0. The van der Waals surface area contributed by atoms with Gasteiger partial charge in [-0.25, -0.2) is 4.79 Å². The Morgan fingerprint density at radius 1 is 0.931 bits per heavy atom. The summed E-state index contributed by atoms with van der Waals surface area (Å²) < 4.78 is 22.7. The van der Waals surface area contributed by atoms with E-state index in [9.17, 15) is 4.79 Å². The van der Waals surface area contributed by atoms with E-state index in [-0.39, 0.29) is 0 Å². The zero-order valence-electron chi connectivity index (χ0n) is 16.1. The van der Waals surface area contributed by atoms with E-state index in [0.717, 1.165) is 16.5 Å². The molecule has 0 N–H and O–H groups in total. The first-order valence-electron chi connectivity index (χ1n) is 9.10. The Labute approximate surface area is 167 Å². The summed E-state index contributed by atoms with van der Waals surface area (Å²) in [5.74, 6) is 1.73. The number of methoxy groups -OCH3 is 2. The molecule has 0 aliphatic heterocycles. The van der Waals surface area contributed by atoms with Gasteiger partial charge in [-0.05, 0) is 41.1 Å². The SMILES string of the molecule is COc1ccc(-c2noc(=O)n2CCOc2ccc3ccccc3c2)cc1OC. The fraction of sp³-hybridized carbons (Fsp3) is 0.182. The molecule has 29 heavy (non-hydrogen) atoms. The van der Waals surface area contributed by atoms with E-state index in [0.29, 0.717) is 36.0 Å². The van der Waals surface area contributed by atoms with Crippen molar-refractivity contribution in [2.75, 3.05) is 20.8 Å². The maximum Gasteiger partial charge on any atom is 0.441 e. The number of fused-ring (bicyclic) bond motifs is 1. The third-order valence-electron chi connectivity index (χ3n) is 4.63. The summed E-state index contributed by atoms with van der Waals surface area (Å²) in [7, 11) is 3.11. The molecule has 7 nitrogen and oxygen atoms in total. The van der Waals surface area contributed by atoms with Gasteiger partial charge >= 0.3 is 5.76 Å². The van der Waals surface area contributed by atoms with E-state index in [2.05, 4.69) is 5.16 Å². The van der Waals surface area contributed by atoms with Gasteiger partial charge in [0, 0.05) is 5.56 Å². The molecule has 0 saturated heterocycles. The normalized spacial score (nSPS) is 10.8. The first-order valence-corrected chi connectivity index (χ1v) is 9.10. The summed E-state index contributed by atoms with van der Waals surface area (Å²) in [6.07, 6.45) is 0. The fourth-order valence-electron chi connectivity index (χ4n) is 3.16. The number of benzene rings is 3. The van der Waals surface area contributed by atoms with Crippen molar-refractivity contribution in [1.29, 1.82) is 0 Å². The Balaban J connectivity index is 1.52. The predicted molar refractivity (Wildman–Crippen MR) is 109 cm³/mol. The molecule has 0 aliphatic carbocycles. The summed E-state index contributed by atoms with van der Waals surface area (Å²) in [5.41, 5.74) is 0.680. The zero-order valence-corrected chi connectivity index (χ0v) is 16.1. The van der Waals surface area contributed by atoms with Crippen molar-refractivity contribution in [2.24, 2.45) is 0 Å². The molecule has 0 saturated carbocycles. The quantitative estimate of drug-likeness (QED) is 0.477. The standard InChI is InChI=1S/C22H20N2O5/c1-26-19-10-8-17(14-20(19)27-2)21-23-29-22(25)24(21)11-12-28-18-9-7-15-5-3-4-6-16(15)13-18/h3-10,13-14H,11-12H2,1-2H3. The van der Waals surface area contributed by atoms with Crippen LogP contribution < -0.4 is 20.0 Å². The van der Waals surface area contributed by atoms with Crippen LogP contribution in [0.15, 0.2) is 70.0 Å². The van der Waals surface area contributed by atoms with Crippen LogP contribution in [0.4, 0.5) is 0 Å². The highest BCUT2D eigenvalue weighted by molar-refractivity contribution is 5.83. The van der Waals surface area contributed by atoms with Gasteiger partial charge in [0.15, 0.2) is 17.3 Å². The van der Waals surface area contributed by atoms with Gasteiger partial charge in [0.05, 0.1) is 20.8 Å². The van der Waals surface area contributed by atoms with E-state index < -0.39 is 5.76 Å². The molecule has 0 radical (unpaired) electrons. The second-order valence-electron chi connectivity index (χ2n) is 6.35. The maximum atomic E-state index is 12.1. The minimum atomic E-state index is -0.545. The molecular weight excluding hydrogens is 372 g/mol. The van der Waals surface area contributed by atoms with Gasteiger partial charge in [0.2, 0.25) is 0 Å². The lowest BCUT2D eigenvalue weighted by Gasteiger charge is -2.10. The molecular formula is C22H20N2O5. The van der Waals surface area contributed by atoms with E-state index in [1.54, 1.807) is 32.4 Å². The number of rotatable bonds is 7. The van der Waals surface area contributed by atoms with Crippen LogP contribution in [0.3, 0.4) is 0 Å². The maximum absolute atomic E-state index is 12.1. The third kappa shape index (κ3) is 3.80. The largest absolute Gasteiger partial charge is 0.493 e. The Hall–Kier alpha value is -3.74. The Bertz CT molecular complexity index is 1200. The molecule has 4 aromatic rings. The van der Waals surface area contributed by atoms with Crippen molar-refractivity contribution in [1.82, 2.24) is 9.72 Å². The van der Waals surface area contributed by atoms with Crippen molar-refractivity contribution in [3.05, 3.63) is 71.2 Å². The molecule has 4 rings (SSSR count). The van der Waals surface area contributed by atoms with Crippen molar-refractivity contribution in [3.63, 3.8) is 0 Å². The first kappa shape index (κ1) is 18.6. The average molecular weight is 392 g/mol. The van der Waals surface area contributed by atoms with Crippen LogP contribution in [0.5, 0.6) is 17.2 Å². The molecule has 0 amide bonds. The monoisotopic (exact) mass is 392 g/mol. The lowest BCUT2D eigenvalue weighted by atomic mass is 10.1. The Morgan fingerprint density at radius 3 is 2.52 bits per heavy atom. The molecule has 0 unspecified atom stereocenters. The van der Waals surface area contributed by atoms with Crippen molar-refractivity contribution >= 4 is 10.8 Å². The molecule has 3 aromatic carbocycles. The van der Waals surface area contributed by atoms with Crippen molar-refractivity contribution in [3.8, 4) is 28.6 Å². The highest BCUT2D eigenvalue weighted by Gasteiger charge is 2.15. The van der Waals surface area contributed by atoms with Crippen LogP contribution in [-0.4, -0.2) is 30.6 Å². The molecule has 0 aliphatic rings. The molecule has 0 atom stereocenters. The predicted octanol–water partition coefficient (Wildman–Crippen LogP) is 3.75. The molecule has 1 heterocycles. The second kappa shape index (κ2) is 8.10. The van der Waals surface area contributed by atoms with Crippen LogP contribution in [0.2, 0.25) is 0 Å². The second-order valence-corrected chi connectivity index (χ2v) is 6.35. The number of ether oxygens (including phenoxy) is 3. The van der Waals surface area contributed by atoms with E-state index >= 15 is 0 Å². The van der Waals surface area contributed by atoms with Gasteiger partial charge in [-0.15, -0.1) is 0 Å². The van der Waals surface area contributed by atoms with Crippen LogP contribution in [-0.2, 0) is 6.54 Å². The zero-order chi connectivity index (χ0) is 20.2. The fourth-order valence-corrected chi connectivity index (χ4v) is 3.16. The smallest absolute Gasteiger partial charge is 0.441 e. The summed E-state index contributed by atoms with van der Waals surface area (Å²) in [6, 6.07) is 19.2. The lowest BCUT2D eigenvalue weighted by molar-refractivity contribution is 0.290. The minimum Gasteiger partial charge on any atom is -0.493 e.